The molecule has 1 aliphatic rings. The Hall–Kier alpha value is -1.65. The molecule has 0 amide bonds. The zero-order valence-electron chi connectivity index (χ0n) is 10.9. The number of aliphatic hydroxyl groups is 1. The van der Waals surface area contributed by atoms with Gasteiger partial charge in [0.2, 0.25) is 0 Å². The van der Waals surface area contributed by atoms with E-state index in [-0.39, 0.29) is 6.10 Å². The van der Waals surface area contributed by atoms with Crippen molar-refractivity contribution in [2.24, 2.45) is 0 Å². The first-order valence-electron chi connectivity index (χ1n) is 6.80. The molecule has 0 saturated carbocycles. The molecule has 4 nitrogen and oxygen atoms in total. The number of aliphatic hydroxyl groups excluding tert-OH is 1. The van der Waals surface area contributed by atoms with Gasteiger partial charge in [-0.15, -0.1) is 0 Å². The highest BCUT2D eigenvalue weighted by Gasteiger charge is 2.17. The van der Waals surface area contributed by atoms with Crippen molar-refractivity contribution in [3.63, 3.8) is 0 Å². The van der Waals surface area contributed by atoms with Crippen LogP contribution in [0.15, 0.2) is 42.7 Å². The summed E-state index contributed by atoms with van der Waals surface area (Å²) in [4.78, 5) is 2.32. The SMILES string of the molecule is OC1CCCN(Cc2ccc(-n3cccn3)cc2)C1. The van der Waals surface area contributed by atoms with Crippen LogP contribution in [0.1, 0.15) is 18.4 Å². The Labute approximate surface area is 113 Å². The van der Waals surface area contributed by atoms with Gasteiger partial charge in [0.1, 0.15) is 0 Å². The third-order valence-corrected chi connectivity index (χ3v) is 3.59. The second kappa shape index (κ2) is 5.55. The summed E-state index contributed by atoms with van der Waals surface area (Å²) >= 11 is 0. The molecule has 1 aliphatic heterocycles. The lowest BCUT2D eigenvalue weighted by Gasteiger charge is -2.29. The minimum absolute atomic E-state index is 0.155. The fourth-order valence-electron chi connectivity index (χ4n) is 2.61. The largest absolute Gasteiger partial charge is 0.392 e. The van der Waals surface area contributed by atoms with Crippen LogP contribution in [0.4, 0.5) is 0 Å². The molecule has 1 unspecified atom stereocenters. The number of hydrogen-bond donors (Lipinski definition) is 1. The maximum atomic E-state index is 9.67. The fourth-order valence-corrected chi connectivity index (χ4v) is 2.61. The van der Waals surface area contributed by atoms with E-state index in [1.54, 1.807) is 6.20 Å². The Morgan fingerprint density at radius 1 is 1.26 bits per heavy atom. The molecular formula is C15H19N3O. The minimum Gasteiger partial charge on any atom is -0.392 e. The topological polar surface area (TPSA) is 41.3 Å². The van der Waals surface area contributed by atoms with Crippen molar-refractivity contribution in [3.8, 4) is 5.69 Å². The summed E-state index contributed by atoms with van der Waals surface area (Å²) in [6, 6.07) is 10.4. The lowest BCUT2D eigenvalue weighted by atomic mass is 10.1. The van der Waals surface area contributed by atoms with Crippen LogP contribution in [0, 0.1) is 0 Å². The van der Waals surface area contributed by atoms with Gasteiger partial charge in [-0.2, -0.15) is 5.10 Å². The summed E-state index contributed by atoms with van der Waals surface area (Å²) in [6.07, 6.45) is 5.59. The Morgan fingerprint density at radius 2 is 2.11 bits per heavy atom. The van der Waals surface area contributed by atoms with Crippen LogP contribution < -0.4 is 0 Å². The third-order valence-electron chi connectivity index (χ3n) is 3.59. The van der Waals surface area contributed by atoms with Crippen LogP contribution in [0.25, 0.3) is 5.69 Å². The quantitative estimate of drug-likeness (QED) is 0.912. The third kappa shape index (κ3) is 3.03. The van der Waals surface area contributed by atoms with Gasteiger partial charge >= 0.3 is 0 Å². The predicted molar refractivity (Wildman–Crippen MR) is 74.1 cm³/mol. The number of β-amino-alcohol motifs (C(OH)–C–C–N with tert-alkyl or cyclic N) is 1. The summed E-state index contributed by atoms with van der Waals surface area (Å²) in [6.45, 7) is 2.79. The Kier molecular flexibility index (Phi) is 3.62. The number of piperidine rings is 1. The minimum atomic E-state index is -0.155. The zero-order chi connectivity index (χ0) is 13.1. The average molecular weight is 257 g/mol. The van der Waals surface area contributed by atoms with Gasteiger partial charge < -0.3 is 5.11 Å². The smallest absolute Gasteiger partial charge is 0.0667 e. The second-order valence-corrected chi connectivity index (χ2v) is 5.15. The van der Waals surface area contributed by atoms with E-state index < -0.39 is 0 Å². The molecule has 0 aliphatic carbocycles. The molecule has 1 aromatic carbocycles. The van der Waals surface area contributed by atoms with Gasteiger partial charge in [-0.1, -0.05) is 12.1 Å². The van der Waals surface area contributed by atoms with Gasteiger partial charge in [0.15, 0.2) is 0 Å². The van der Waals surface area contributed by atoms with E-state index in [1.165, 1.54) is 5.56 Å². The van der Waals surface area contributed by atoms with Gasteiger partial charge in [-0.3, -0.25) is 4.90 Å². The van der Waals surface area contributed by atoms with Crippen molar-refractivity contribution in [1.82, 2.24) is 14.7 Å². The predicted octanol–water partition coefficient (Wildman–Crippen LogP) is 1.83. The molecule has 0 bridgehead atoms. The molecule has 1 saturated heterocycles. The van der Waals surface area contributed by atoms with Gasteiger partial charge in [0.25, 0.3) is 0 Å². The molecule has 0 spiro atoms. The summed E-state index contributed by atoms with van der Waals surface area (Å²) in [5.74, 6) is 0. The van der Waals surface area contributed by atoms with Crippen molar-refractivity contribution in [2.45, 2.75) is 25.5 Å². The van der Waals surface area contributed by atoms with Crippen LogP contribution in [0.5, 0.6) is 0 Å². The van der Waals surface area contributed by atoms with Crippen molar-refractivity contribution in [2.75, 3.05) is 13.1 Å². The van der Waals surface area contributed by atoms with E-state index in [0.717, 1.165) is 38.2 Å². The first-order valence-corrected chi connectivity index (χ1v) is 6.80. The normalized spacial score (nSPS) is 20.6. The standard InChI is InChI=1S/C15H19N3O/c19-15-3-1-9-17(12-15)11-13-4-6-14(7-5-13)18-10-2-8-16-18/h2,4-8,10,15,19H,1,3,9,11-12H2. The van der Waals surface area contributed by atoms with Crippen molar-refractivity contribution < 1.29 is 5.11 Å². The molecule has 19 heavy (non-hydrogen) atoms. The Bertz CT molecular complexity index is 507. The number of likely N-dealkylation sites (tertiary alicyclic amines) is 1. The number of benzene rings is 1. The van der Waals surface area contributed by atoms with Gasteiger partial charge in [0.05, 0.1) is 11.8 Å². The molecular weight excluding hydrogens is 238 g/mol. The van der Waals surface area contributed by atoms with Crippen molar-refractivity contribution >= 4 is 0 Å². The summed E-state index contributed by atoms with van der Waals surface area (Å²) < 4.78 is 1.86. The van der Waals surface area contributed by atoms with Gasteiger partial charge in [-0.05, 0) is 43.1 Å². The number of aromatic nitrogens is 2. The van der Waals surface area contributed by atoms with E-state index in [1.807, 2.05) is 16.9 Å². The molecule has 3 rings (SSSR count). The van der Waals surface area contributed by atoms with Gasteiger partial charge in [-0.25, -0.2) is 4.68 Å². The van der Waals surface area contributed by atoms with Crippen LogP contribution >= 0.6 is 0 Å². The lowest BCUT2D eigenvalue weighted by Crippen LogP contribution is -2.37. The van der Waals surface area contributed by atoms with Crippen LogP contribution in [0.2, 0.25) is 0 Å². The van der Waals surface area contributed by atoms with Crippen molar-refractivity contribution in [3.05, 3.63) is 48.3 Å². The number of hydrogen-bond acceptors (Lipinski definition) is 3. The zero-order valence-corrected chi connectivity index (χ0v) is 10.9. The second-order valence-electron chi connectivity index (χ2n) is 5.15. The molecule has 1 atom stereocenters. The monoisotopic (exact) mass is 257 g/mol. The van der Waals surface area contributed by atoms with Crippen LogP contribution in [-0.4, -0.2) is 39.0 Å². The number of nitrogens with zero attached hydrogens (tertiary/aromatic N) is 3. The average Bonchev–Trinajstić information content (AvgIpc) is 2.94. The highest BCUT2D eigenvalue weighted by molar-refractivity contribution is 5.33. The Balaban J connectivity index is 1.66. The maximum absolute atomic E-state index is 9.67. The van der Waals surface area contributed by atoms with Gasteiger partial charge in [0, 0.05) is 25.5 Å². The summed E-state index contributed by atoms with van der Waals surface area (Å²) in [5.41, 5.74) is 2.36. The molecule has 1 N–H and O–H groups in total. The summed E-state index contributed by atoms with van der Waals surface area (Å²) in [5, 5.41) is 13.9. The lowest BCUT2D eigenvalue weighted by molar-refractivity contribution is 0.0668. The van der Waals surface area contributed by atoms with Crippen molar-refractivity contribution in [1.29, 1.82) is 0 Å². The summed E-state index contributed by atoms with van der Waals surface area (Å²) in [7, 11) is 0. The molecule has 1 fully saturated rings. The first-order chi connectivity index (χ1) is 9.31. The Morgan fingerprint density at radius 3 is 2.79 bits per heavy atom. The maximum Gasteiger partial charge on any atom is 0.0667 e. The molecule has 0 radical (unpaired) electrons. The molecule has 2 heterocycles. The van der Waals surface area contributed by atoms with E-state index in [0.29, 0.717) is 0 Å². The van der Waals surface area contributed by atoms with Crippen LogP contribution in [0.3, 0.4) is 0 Å². The van der Waals surface area contributed by atoms with E-state index in [2.05, 4.69) is 34.3 Å². The molecule has 100 valence electrons. The highest BCUT2D eigenvalue weighted by atomic mass is 16.3. The molecule has 2 aromatic rings. The van der Waals surface area contributed by atoms with E-state index in [9.17, 15) is 5.11 Å². The van der Waals surface area contributed by atoms with E-state index >= 15 is 0 Å². The molecule has 1 aromatic heterocycles. The molecule has 4 heteroatoms. The van der Waals surface area contributed by atoms with Crippen LogP contribution in [-0.2, 0) is 6.54 Å². The highest BCUT2D eigenvalue weighted by Crippen LogP contribution is 2.15. The number of rotatable bonds is 3. The first kappa shape index (κ1) is 12.4. The fraction of sp³-hybridized carbons (Fsp3) is 0.400. The van der Waals surface area contributed by atoms with E-state index in [4.69, 9.17) is 0 Å².